The molecule has 29 heavy (non-hydrogen) atoms. The van der Waals surface area contributed by atoms with E-state index in [9.17, 15) is 13.2 Å². The number of amides is 1. The Bertz CT molecular complexity index is 896. The molecule has 0 radical (unpaired) electrons. The topological polar surface area (TPSA) is 91.6 Å². The lowest BCUT2D eigenvalue weighted by Crippen LogP contribution is -2.41. The lowest BCUT2D eigenvalue weighted by atomic mass is 10.1. The van der Waals surface area contributed by atoms with E-state index < -0.39 is 10.0 Å². The zero-order valence-electron chi connectivity index (χ0n) is 16.1. The van der Waals surface area contributed by atoms with Crippen LogP contribution >= 0.6 is 15.9 Å². The van der Waals surface area contributed by atoms with E-state index in [1.165, 1.54) is 18.6 Å². The van der Waals surface area contributed by atoms with Gasteiger partial charge in [-0.15, -0.1) is 0 Å². The molecule has 1 amide bonds. The summed E-state index contributed by atoms with van der Waals surface area (Å²) in [6.07, 6.45) is 5.22. The summed E-state index contributed by atoms with van der Waals surface area (Å²) in [7, 11) is -3.65. The van der Waals surface area contributed by atoms with E-state index in [2.05, 4.69) is 30.9 Å². The van der Waals surface area contributed by atoms with Crippen LogP contribution in [-0.4, -0.2) is 45.4 Å². The molecule has 1 aromatic heterocycles. The number of nitrogens with one attached hydrogen (secondary N) is 2. The Morgan fingerprint density at radius 2 is 1.97 bits per heavy atom. The number of carbonyl (C=O) groups excluding carboxylic acids is 1. The van der Waals surface area contributed by atoms with Gasteiger partial charge in [0.1, 0.15) is 5.76 Å². The lowest BCUT2D eigenvalue weighted by Gasteiger charge is -2.33. The Labute approximate surface area is 180 Å². The van der Waals surface area contributed by atoms with Gasteiger partial charge in [0, 0.05) is 24.0 Å². The van der Waals surface area contributed by atoms with Crippen LogP contribution in [0.2, 0.25) is 0 Å². The van der Waals surface area contributed by atoms with E-state index in [1.54, 1.807) is 18.4 Å². The van der Waals surface area contributed by atoms with Crippen LogP contribution in [0, 0.1) is 0 Å². The van der Waals surface area contributed by atoms with Crippen LogP contribution in [-0.2, 0) is 14.8 Å². The molecule has 158 valence electrons. The van der Waals surface area contributed by atoms with E-state index in [0.29, 0.717) is 11.0 Å². The molecule has 2 heterocycles. The summed E-state index contributed by atoms with van der Waals surface area (Å²) < 4.78 is 33.4. The van der Waals surface area contributed by atoms with Gasteiger partial charge in [-0.05, 0) is 56.3 Å². The molecule has 1 atom stereocenters. The van der Waals surface area contributed by atoms with E-state index in [0.717, 1.165) is 31.7 Å². The molecule has 2 N–H and O–H groups in total. The zero-order chi connectivity index (χ0) is 20.7. The fourth-order valence-corrected chi connectivity index (χ4v) is 5.06. The average Bonchev–Trinajstić information content (AvgIpc) is 3.23. The SMILES string of the molecule is O=C(CCNS(=O)(=O)c1cccc(Br)c1)NCC(c1ccco1)N1CCCCC1. The number of hydrogen-bond donors (Lipinski definition) is 2. The molecule has 2 aromatic rings. The predicted molar refractivity (Wildman–Crippen MR) is 114 cm³/mol. The van der Waals surface area contributed by atoms with Gasteiger partial charge >= 0.3 is 0 Å². The number of sulfonamides is 1. The second-order valence-corrected chi connectivity index (χ2v) is 9.72. The number of hydrogen-bond acceptors (Lipinski definition) is 5. The Morgan fingerprint density at radius 3 is 2.66 bits per heavy atom. The van der Waals surface area contributed by atoms with E-state index >= 15 is 0 Å². The van der Waals surface area contributed by atoms with E-state index in [4.69, 9.17) is 4.42 Å². The third kappa shape index (κ3) is 6.40. The first-order valence-electron chi connectivity index (χ1n) is 9.75. The maximum absolute atomic E-state index is 12.3. The van der Waals surface area contributed by atoms with Crippen molar-refractivity contribution >= 4 is 31.9 Å². The lowest BCUT2D eigenvalue weighted by molar-refractivity contribution is -0.121. The number of rotatable bonds is 9. The molecule has 7 nitrogen and oxygen atoms in total. The Kier molecular flexibility index (Phi) is 7.88. The number of furan rings is 1. The minimum Gasteiger partial charge on any atom is -0.468 e. The highest BCUT2D eigenvalue weighted by Gasteiger charge is 2.25. The summed E-state index contributed by atoms with van der Waals surface area (Å²) in [6, 6.07) is 10.2. The number of likely N-dealkylation sites (tertiary alicyclic amines) is 1. The third-order valence-electron chi connectivity index (χ3n) is 4.95. The van der Waals surface area contributed by atoms with Crippen LogP contribution in [0.5, 0.6) is 0 Å². The summed E-state index contributed by atoms with van der Waals surface area (Å²) in [5, 5.41) is 2.92. The maximum Gasteiger partial charge on any atom is 0.240 e. The van der Waals surface area contributed by atoms with Crippen molar-refractivity contribution in [3.8, 4) is 0 Å². The van der Waals surface area contributed by atoms with Gasteiger partial charge in [-0.1, -0.05) is 28.4 Å². The van der Waals surface area contributed by atoms with Gasteiger partial charge in [0.2, 0.25) is 15.9 Å². The molecule has 1 fully saturated rings. The molecule has 9 heteroatoms. The van der Waals surface area contributed by atoms with Gasteiger partial charge in [-0.2, -0.15) is 0 Å². The van der Waals surface area contributed by atoms with Crippen LogP contribution < -0.4 is 10.0 Å². The van der Waals surface area contributed by atoms with Crippen molar-refractivity contribution in [3.63, 3.8) is 0 Å². The first kappa shape index (κ1) is 22.0. The molecule has 1 aromatic carbocycles. The standard InChI is InChI=1S/C20H26BrN3O4S/c21-16-6-4-7-17(14-16)29(26,27)23-10-9-20(25)22-15-18(19-8-5-13-28-19)24-11-2-1-3-12-24/h4-8,13-14,18,23H,1-3,9-12,15H2,(H,22,25). The molecule has 3 rings (SSSR count). The van der Waals surface area contributed by atoms with Gasteiger partial charge in [0.25, 0.3) is 0 Å². The number of carbonyl (C=O) groups is 1. The van der Waals surface area contributed by atoms with Crippen LogP contribution in [0.3, 0.4) is 0 Å². The smallest absolute Gasteiger partial charge is 0.240 e. The highest BCUT2D eigenvalue weighted by molar-refractivity contribution is 9.10. The molecule has 0 spiro atoms. The van der Waals surface area contributed by atoms with Crippen LogP contribution in [0.15, 0.2) is 56.4 Å². The van der Waals surface area contributed by atoms with E-state index in [1.807, 2.05) is 12.1 Å². The summed E-state index contributed by atoms with van der Waals surface area (Å²) in [4.78, 5) is 14.8. The fourth-order valence-electron chi connectivity index (χ4n) is 3.44. The summed E-state index contributed by atoms with van der Waals surface area (Å²) >= 11 is 3.26. The van der Waals surface area contributed by atoms with Crippen LogP contribution in [0.4, 0.5) is 0 Å². The average molecular weight is 484 g/mol. The summed E-state index contributed by atoms with van der Waals surface area (Å²) in [5.41, 5.74) is 0. The van der Waals surface area contributed by atoms with Gasteiger partial charge < -0.3 is 9.73 Å². The molecule has 1 aliphatic heterocycles. The second-order valence-electron chi connectivity index (χ2n) is 7.04. The number of nitrogens with zero attached hydrogens (tertiary/aromatic N) is 1. The van der Waals surface area contributed by atoms with Crippen LogP contribution in [0.25, 0.3) is 0 Å². The quantitative estimate of drug-likeness (QED) is 0.571. The maximum atomic E-state index is 12.3. The summed E-state index contributed by atoms with van der Waals surface area (Å²) in [6.45, 7) is 2.43. The molecule has 0 saturated carbocycles. The third-order valence-corrected chi connectivity index (χ3v) is 6.90. The van der Waals surface area contributed by atoms with Gasteiger partial charge in [0.05, 0.1) is 17.2 Å². The highest BCUT2D eigenvalue weighted by atomic mass is 79.9. The summed E-state index contributed by atoms with van der Waals surface area (Å²) in [5.74, 6) is 0.637. The molecular formula is C20H26BrN3O4S. The molecule has 1 saturated heterocycles. The molecule has 0 bridgehead atoms. The number of halogens is 1. The molecule has 1 unspecified atom stereocenters. The van der Waals surface area contributed by atoms with Crippen LogP contribution in [0.1, 0.15) is 37.5 Å². The monoisotopic (exact) mass is 483 g/mol. The fraction of sp³-hybridized carbons (Fsp3) is 0.450. The molecule has 0 aliphatic carbocycles. The first-order chi connectivity index (χ1) is 14.0. The van der Waals surface area contributed by atoms with Gasteiger partial charge in [0.15, 0.2) is 0 Å². The second kappa shape index (κ2) is 10.4. The normalized spacial score (nSPS) is 16.4. The Morgan fingerprint density at radius 1 is 1.17 bits per heavy atom. The zero-order valence-corrected chi connectivity index (χ0v) is 18.5. The van der Waals surface area contributed by atoms with Crippen molar-refractivity contribution in [1.29, 1.82) is 0 Å². The highest BCUT2D eigenvalue weighted by Crippen LogP contribution is 2.24. The number of piperidine rings is 1. The Hall–Kier alpha value is -1.68. The van der Waals surface area contributed by atoms with Gasteiger partial charge in [-0.3, -0.25) is 9.69 Å². The van der Waals surface area contributed by atoms with E-state index in [-0.39, 0.29) is 29.8 Å². The van der Waals surface area contributed by atoms with Crippen molar-refractivity contribution in [2.45, 2.75) is 36.6 Å². The van der Waals surface area contributed by atoms with Crippen molar-refractivity contribution in [3.05, 3.63) is 52.9 Å². The first-order valence-corrected chi connectivity index (χ1v) is 12.0. The predicted octanol–water partition coefficient (Wildman–Crippen LogP) is 3.05. The van der Waals surface area contributed by atoms with Crippen molar-refractivity contribution < 1.29 is 17.6 Å². The van der Waals surface area contributed by atoms with Gasteiger partial charge in [-0.25, -0.2) is 13.1 Å². The molecule has 1 aliphatic rings. The van der Waals surface area contributed by atoms with Crippen molar-refractivity contribution in [1.82, 2.24) is 14.9 Å². The molecular weight excluding hydrogens is 458 g/mol. The van der Waals surface area contributed by atoms with Crippen molar-refractivity contribution in [2.75, 3.05) is 26.2 Å². The van der Waals surface area contributed by atoms with Crippen molar-refractivity contribution in [2.24, 2.45) is 0 Å². The minimum atomic E-state index is -3.65. The number of benzene rings is 1. The Balaban J connectivity index is 1.49. The minimum absolute atomic E-state index is 0.00684. The largest absolute Gasteiger partial charge is 0.468 e.